The molecule has 0 radical (unpaired) electrons. The van der Waals surface area contributed by atoms with E-state index in [2.05, 4.69) is 10.2 Å². The van der Waals surface area contributed by atoms with Crippen LogP contribution in [0.4, 0.5) is 5.69 Å². The molecule has 1 aromatic carbocycles. The molecule has 1 aliphatic rings. The van der Waals surface area contributed by atoms with Crippen LogP contribution >= 0.6 is 0 Å². The van der Waals surface area contributed by atoms with Crippen molar-refractivity contribution in [1.82, 2.24) is 10.2 Å². The van der Waals surface area contributed by atoms with E-state index >= 15 is 0 Å². The number of hydrogen-bond acceptors (Lipinski definition) is 6. The molecule has 0 amide bonds. The van der Waals surface area contributed by atoms with E-state index in [1.165, 1.54) is 6.07 Å². The van der Waals surface area contributed by atoms with Gasteiger partial charge < -0.3 is 14.8 Å². The summed E-state index contributed by atoms with van der Waals surface area (Å²) >= 11 is 0. The molecule has 1 N–H and O–H groups in total. The van der Waals surface area contributed by atoms with Crippen molar-refractivity contribution in [2.24, 2.45) is 0 Å². The summed E-state index contributed by atoms with van der Waals surface area (Å²) in [5.41, 5.74) is 0.919. The lowest BCUT2D eigenvalue weighted by Gasteiger charge is -2.33. The van der Waals surface area contributed by atoms with Gasteiger partial charge in [0.15, 0.2) is 0 Å². The number of nitrogens with zero attached hydrogens (tertiary/aromatic N) is 2. The summed E-state index contributed by atoms with van der Waals surface area (Å²) in [4.78, 5) is 12.8. The second-order valence-electron chi connectivity index (χ2n) is 5.04. The summed E-state index contributed by atoms with van der Waals surface area (Å²) in [6.07, 6.45) is 0.147. The minimum absolute atomic E-state index is 0.0887. The Morgan fingerprint density at radius 1 is 1.57 bits per heavy atom. The van der Waals surface area contributed by atoms with Gasteiger partial charge in [0.2, 0.25) is 0 Å². The van der Waals surface area contributed by atoms with Crippen molar-refractivity contribution < 1.29 is 14.4 Å². The van der Waals surface area contributed by atoms with Crippen molar-refractivity contribution in [2.45, 2.75) is 12.6 Å². The summed E-state index contributed by atoms with van der Waals surface area (Å²) in [7, 11) is 3.47. The van der Waals surface area contributed by atoms with E-state index in [4.69, 9.17) is 9.47 Å². The number of methoxy groups -OCH3 is 1. The van der Waals surface area contributed by atoms with Crippen molar-refractivity contribution in [3.05, 3.63) is 33.9 Å². The number of nitro benzene ring substituents is 1. The Labute approximate surface area is 124 Å². The molecule has 1 aliphatic heterocycles. The Morgan fingerprint density at radius 2 is 2.38 bits per heavy atom. The highest BCUT2D eigenvalue weighted by molar-refractivity contribution is 5.43. The average molecular weight is 295 g/mol. The molecule has 0 saturated carbocycles. The summed E-state index contributed by atoms with van der Waals surface area (Å²) in [5.74, 6) is 0.678. The number of likely N-dealkylation sites (N-methyl/N-ethyl adjacent to an activating group) is 1. The third kappa shape index (κ3) is 4.13. The fourth-order valence-electron chi connectivity index (χ4n) is 2.52. The number of non-ortho nitro benzene ring substituents is 1. The van der Waals surface area contributed by atoms with E-state index in [9.17, 15) is 10.1 Å². The number of benzene rings is 1. The molecule has 0 aliphatic carbocycles. The van der Waals surface area contributed by atoms with Crippen LogP contribution in [0.3, 0.4) is 0 Å². The monoisotopic (exact) mass is 295 g/mol. The molecule has 1 atom stereocenters. The third-order valence-corrected chi connectivity index (χ3v) is 3.52. The Hall–Kier alpha value is -1.70. The molecule has 1 saturated heterocycles. The Morgan fingerprint density at radius 3 is 3.05 bits per heavy atom. The standard InChI is InChI=1S/C14H21N3O4/c1-15-8-13-10-16(5-6-21-13)9-11-7-12(17(18)19)3-4-14(11)20-2/h3-4,7,13,15H,5-6,8-10H2,1-2H3. The van der Waals surface area contributed by atoms with E-state index in [-0.39, 0.29) is 16.7 Å². The predicted molar refractivity (Wildman–Crippen MR) is 78.6 cm³/mol. The molecule has 0 spiro atoms. The lowest BCUT2D eigenvalue weighted by atomic mass is 10.1. The van der Waals surface area contributed by atoms with E-state index in [0.717, 1.165) is 25.2 Å². The third-order valence-electron chi connectivity index (χ3n) is 3.52. The fourth-order valence-corrected chi connectivity index (χ4v) is 2.52. The lowest BCUT2D eigenvalue weighted by Crippen LogP contribution is -2.45. The van der Waals surface area contributed by atoms with E-state index in [1.807, 2.05) is 7.05 Å². The number of nitrogens with one attached hydrogen (secondary N) is 1. The van der Waals surface area contributed by atoms with Gasteiger partial charge in [-0.3, -0.25) is 15.0 Å². The number of hydrogen-bond donors (Lipinski definition) is 1. The first-order valence-electron chi connectivity index (χ1n) is 6.94. The van der Waals surface area contributed by atoms with Crippen molar-refractivity contribution in [3.8, 4) is 5.75 Å². The molecule has 2 rings (SSSR count). The number of ether oxygens (including phenoxy) is 2. The molecule has 0 bridgehead atoms. The zero-order chi connectivity index (χ0) is 15.2. The maximum absolute atomic E-state index is 10.9. The fraction of sp³-hybridized carbons (Fsp3) is 0.571. The highest BCUT2D eigenvalue weighted by atomic mass is 16.6. The zero-order valence-electron chi connectivity index (χ0n) is 12.4. The topological polar surface area (TPSA) is 76.9 Å². The first kappa shape index (κ1) is 15.7. The molecule has 0 aromatic heterocycles. The quantitative estimate of drug-likeness (QED) is 0.624. The van der Waals surface area contributed by atoms with Gasteiger partial charge in [-0.15, -0.1) is 0 Å². The first-order valence-corrected chi connectivity index (χ1v) is 6.94. The molecule has 7 nitrogen and oxygen atoms in total. The van der Waals surface area contributed by atoms with Crippen LogP contribution in [0, 0.1) is 10.1 Å². The maximum Gasteiger partial charge on any atom is 0.270 e. The van der Waals surface area contributed by atoms with Crippen LogP contribution in [0.25, 0.3) is 0 Å². The van der Waals surface area contributed by atoms with E-state index < -0.39 is 0 Å². The molecule has 1 fully saturated rings. The minimum Gasteiger partial charge on any atom is -0.496 e. The van der Waals surface area contributed by atoms with Gasteiger partial charge in [-0.25, -0.2) is 0 Å². The number of rotatable bonds is 6. The van der Waals surface area contributed by atoms with Crippen LogP contribution in [0.1, 0.15) is 5.56 Å². The largest absolute Gasteiger partial charge is 0.496 e. The van der Waals surface area contributed by atoms with Crippen LogP contribution in [-0.4, -0.2) is 56.3 Å². The Bertz CT molecular complexity index is 493. The second-order valence-corrected chi connectivity index (χ2v) is 5.04. The maximum atomic E-state index is 10.9. The van der Waals surface area contributed by atoms with Gasteiger partial charge >= 0.3 is 0 Å². The summed E-state index contributed by atoms with van der Waals surface area (Å²) in [6, 6.07) is 4.70. The average Bonchev–Trinajstić information content (AvgIpc) is 2.48. The summed E-state index contributed by atoms with van der Waals surface area (Å²) in [6.45, 7) is 3.69. The Balaban J connectivity index is 2.10. The van der Waals surface area contributed by atoms with Crippen LogP contribution in [0.15, 0.2) is 18.2 Å². The first-order chi connectivity index (χ1) is 10.1. The molecular formula is C14H21N3O4. The van der Waals surface area contributed by atoms with Gasteiger partial charge in [-0.2, -0.15) is 0 Å². The highest BCUT2D eigenvalue weighted by Gasteiger charge is 2.21. The van der Waals surface area contributed by atoms with Crippen LogP contribution in [0.2, 0.25) is 0 Å². The molecule has 7 heteroatoms. The van der Waals surface area contributed by atoms with Crippen LogP contribution in [0.5, 0.6) is 5.75 Å². The van der Waals surface area contributed by atoms with Gasteiger partial charge in [0, 0.05) is 43.9 Å². The lowest BCUT2D eigenvalue weighted by molar-refractivity contribution is -0.385. The minimum atomic E-state index is -0.383. The molecule has 1 unspecified atom stereocenters. The van der Waals surface area contributed by atoms with E-state index in [0.29, 0.717) is 18.9 Å². The van der Waals surface area contributed by atoms with Gasteiger partial charge in [0.1, 0.15) is 5.75 Å². The van der Waals surface area contributed by atoms with Crippen molar-refractivity contribution in [3.63, 3.8) is 0 Å². The van der Waals surface area contributed by atoms with Crippen LogP contribution < -0.4 is 10.1 Å². The SMILES string of the molecule is CNCC1CN(Cc2cc([N+](=O)[O-])ccc2OC)CCO1. The van der Waals surface area contributed by atoms with Crippen molar-refractivity contribution in [2.75, 3.05) is 40.4 Å². The van der Waals surface area contributed by atoms with Crippen LogP contribution in [-0.2, 0) is 11.3 Å². The molecule has 116 valence electrons. The Kier molecular flexibility index (Phi) is 5.49. The number of morpholine rings is 1. The molecule has 1 heterocycles. The molecule has 1 aromatic rings. The van der Waals surface area contributed by atoms with Gasteiger partial charge in [-0.1, -0.05) is 0 Å². The highest BCUT2D eigenvalue weighted by Crippen LogP contribution is 2.25. The summed E-state index contributed by atoms with van der Waals surface area (Å²) in [5, 5.41) is 14.0. The summed E-state index contributed by atoms with van der Waals surface area (Å²) < 4.78 is 11.0. The van der Waals surface area contributed by atoms with Gasteiger partial charge in [0.25, 0.3) is 5.69 Å². The molecular weight excluding hydrogens is 274 g/mol. The number of nitro groups is 1. The predicted octanol–water partition coefficient (Wildman–Crippen LogP) is 1.02. The zero-order valence-corrected chi connectivity index (χ0v) is 12.4. The van der Waals surface area contributed by atoms with E-state index in [1.54, 1.807) is 19.2 Å². The molecule has 21 heavy (non-hydrogen) atoms. The normalized spacial score (nSPS) is 19.4. The second kappa shape index (κ2) is 7.35. The van der Waals surface area contributed by atoms with Gasteiger partial charge in [-0.05, 0) is 13.1 Å². The smallest absolute Gasteiger partial charge is 0.270 e. The van der Waals surface area contributed by atoms with Gasteiger partial charge in [0.05, 0.1) is 24.7 Å². The van der Waals surface area contributed by atoms with Crippen molar-refractivity contribution >= 4 is 5.69 Å². The van der Waals surface area contributed by atoms with Crippen molar-refractivity contribution in [1.29, 1.82) is 0 Å².